The summed E-state index contributed by atoms with van der Waals surface area (Å²) in [6.45, 7) is 2.72. The maximum atomic E-state index is 11.0. The lowest BCUT2D eigenvalue weighted by atomic mass is 9.89. The second-order valence-electron chi connectivity index (χ2n) is 3.78. The van der Waals surface area contributed by atoms with Crippen LogP contribution in [0.3, 0.4) is 0 Å². The lowest BCUT2D eigenvalue weighted by Crippen LogP contribution is -2.30. The SMILES string of the molecule is CCC(=O)NCC1CCC(Cl)CC1. The third-order valence-corrected chi connectivity index (χ3v) is 3.12. The van der Waals surface area contributed by atoms with Crippen LogP contribution in [0.1, 0.15) is 39.0 Å². The number of hydrogen-bond acceptors (Lipinski definition) is 1. The molecule has 3 heteroatoms. The van der Waals surface area contributed by atoms with E-state index in [1.807, 2.05) is 6.92 Å². The molecule has 76 valence electrons. The highest BCUT2D eigenvalue weighted by Gasteiger charge is 2.19. The summed E-state index contributed by atoms with van der Waals surface area (Å²) in [4.78, 5) is 11.0. The van der Waals surface area contributed by atoms with Gasteiger partial charge in [0.1, 0.15) is 0 Å². The first-order valence-corrected chi connectivity index (χ1v) is 5.56. The van der Waals surface area contributed by atoms with Crippen molar-refractivity contribution < 1.29 is 4.79 Å². The molecule has 1 rings (SSSR count). The molecule has 0 spiro atoms. The fourth-order valence-electron chi connectivity index (χ4n) is 1.71. The number of hydrogen-bond donors (Lipinski definition) is 1. The monoisotopic (exact) mass is 203 g/mol. The fraction of sp³-hybridized carbons (Fsp3) is 0.900. The zero-order valence-corrected chi connectivity index (χ0v) is 8.94. The quantitative estimate of drug-likeness (QED) is 0.701. The van der Waals surface area contributed by atoms with Crippen LogP contribution < -0.4 is 5.32 Å². The highest BCUT2D eigenvalue weighted by atomic mass is 35.5. The molecule has 0 radical (unpaired) electrons. The minimum atomic E-state index is 0.160. The summed E-state index contributed by atoms with van der Waals surface area (Å²) in [5.41, 5.74) is 0. The van der Waals surface area contributed by atoms with Gasteiger partial charge in [-0.15, -0.1) is 11.6 Å². The minimum absolute atomic E-state index is 0.160. The van der Waals surface area contributed by atoms with Gasteiger partial charge >= 0.3 is 0 Å². The van der Waals surface area contributed by atoms with Gasteiger partial charge in [0.25, 0.3) is 0 Å². The number of alkyl halides is 1. The molecule has 1 N–H and O–H groups in total. The first-order chi connectivity index (χ1) is 6.22. The molecule has 0 aromatic rings. The summed E-state index contributed by atoms with van der Waals surface area (Å²) in [6.07, 6.45) is 5.13. The van der Waals surface area contributed by atoms with Crippen molar-refractivity contribution in [1.29, 1.82) is 0 Å². The molecule has 0 aromatic carbocycles. The number of carbonyl (C=O) groups excluding carboxylic acids is 1. The Morgan fingerprint density at radius 3 is 2.54 bits per heavy atom. The van der Waals surface area contributed by atoms with E-state index >= 15 is 0 Å². The first-order valence-electron chi connectivity index (χ1n) is 5.13. The maximum absolute atomic E-state index is 11.0. The van der Waals surface area contributed by atoms with Crippen LogP contribution in [-0.4, -0.2) is 17.8 Å². The molecule has 0 aromatic heterocycles. The fourth-order valence-corrected chi connectivity index (χ4v) is 1.96. The zero-order valence-electron chi connectivity index (χ0n) is 8.18. The van der Waals surface area contributed by atoms with E-state index in [1.165, 1.54) is 0 Å². The third kappa shape index (κ3) is 3.99. The molecular weight excluding hydrogens is 186 g/mol. The van der Waals surface area contributed by atoms with Crippen molar-refractivity contribution in [2.24, 2.45) is 5.92 Å². The van der Waals surface area contributed by atoms with E-state index in [9.17, 15) is 4.79 Å². The van der Waals surface area contributed by atoms with E-state index in [-0.39, 0.29) is 5.91 Å². The van der Waals surface area contributed by atoms with E-state index in [1.54, 1.807) is 0 Å². The van der Waals surface area contributed by atoms with Gasteiger partial charge in [-0.1, -0.05) is 6.92 Å². The Bertz CT molecular complexity index is 164. The van der Waals surface area contributed by atoms with Gasteiger partial charge in [-0.3, -0.25) is 4.79 Å². The molecule has 1 fully saturated rings. The molecule has 1 aliphatic rings. The summed E-state index contributed by atoms with van der Waals surface area (Å²) >= 11 is 5.98. The van der Waals surface area contributed by atoms with Gasteiger partial charge in [-0.25, -0.2) is 0 Å². The minimum Gasteiger partial charge on any atom is -0.356 e. The van der Waals surface area contributed by atoms with Gasteiger partial charge in [-0.05, 0) is 31.6 Å². The Morgan fingerprint density at radius 1 is 1.38 bits per heavy atom. The smallest absolute Gasteiger partial charge is 0.219 e. The Kier molecular flexibility index (Phi) is 4.57. The lowest BCUT2D eigenvalue weighted by Gasteiger charge is -2.24. The first kappa shape index (κ1) is 10.8. The largest absolute Gasteiger partial charge is 0.356 e. The van der Waals surface area contributed by atoms with Gasteiger partial charge in [0.15, 0.2) is 0 Å². The van der Waals surface area contributed by atoms with Crippen molar-refractivity contribution in [1.82, 2.24) is 5.32 Å². The number of amides is 1. The summed E-state index contributed by atoms with van der Waals surface area (Å²) in [6, 6.07) is 0. The highest BCUT2D eigenvalue weighted by Crippen LogP contribution is 2.26. The second-order valence-corrected chi connectivity index (χ2v) is 4.39. The lowest BCUT2D eigenvalue weighted by molar-refractivity contribution is -0.121. The molecule has 13 heavy (non-hydrogen) atoms. The number of carbonyl (C=O) groups is 1. The summed E-state index contributed by atoms with van der Waals surface area (Å²) in [5, 5.41) is 3.31. The van der Waals surface area contributed by atoms with Gasteiger partial charge in [0, 0.05) is 18.3 Å². The van der Waals surface area contributed by atoms with Crippen molar-refractivity contribution in [3.63, 3.8) is 0 Å². The van der Waals surface area contributed by atoms with Crippen LogP contribution in [0.2, 0.25) is 0 Å². The van der Waals surface area contributed by atoms with Crippen molar-refractivity contribution in [3.05, 3.63) is 0 Å². The molecule has 0 heterocycles. The molecular formula is C10H18ClNO. The Hall–Kier alpha value is -0.240. The Morgan fingerprint density at radius 2 is 2.00 bits per heavy atom. The van der Waals surface area contributed by atoms with Crippen LogP contribution >= 0.6 is 11.6 Å². The van der Waals surface area contributed by atoms with Crippen molar-refractivity contribution in [3.8, 4) is 0 Å². The molecule has 1 saturated carbocycles. The number of rotatable bonds is 3. The molecule has 0 aliphatic heterocycles. The van der Waals surface area contributed by atoms with Crippen LogP contribution in [0.15, 0.2) is 0 Å². The molecule has 1 amide bonds. The average molecular weight is 204 g/mol. The molecule has 1 aliphatic carbocycles. The summed E-state index contributed by atoms with van der Waals surface area (Å²) in [7, 11) is 0. The summed E-state index contributed by atoms with van der Waals surface area (Å²) in [5.74, 6) is 0.818. The van der Waals surface area contributed by atoms with Crippen LogP contribution in [0.25, 0.3) is 0 Å². The summed E-state index contributed by atoms with van der Waals surface area (Å²) < 4.78 is 0. The molecule has 0 bridgehead atoms. The van der Waals surface area contributed by atoms with Crippen LogP contribution in [-0.2, 0) is 4.79 Å². The van der Waals surface area contributed by atoms with Gasteiger partial charge in [0.05, 0.1) is 0 Å². The van der Waals surface area contributed by atoms with Crippen molar-refractivity contribution >= 4 is 17.5 Å². The number of nitrogens with one attached hydrogen (secondary N) is 1. The Labute approximate surface area is 85.0 Å². The van der Waals surface area contributed by atoms with Gasteiger partial charge in [-0.2, -0.15) is 0 Å². The van der Waals surface area contributed by atoms with Gasteiger partial charge in [0.2, 0.25) is 5.91 Å². The second kappa shape index (κ2) is 5.48. The van der Waals surface area contributed by atoms with Gasteiger partial charge < -0.3 is 5.32 Å². The zero-order chi connectivity index (χ0) is 9.68. The average Bonchev–Trinajstić information content (AvgIpc) is 2.16. The molecule has 0 saturated heterocycles. The molecule has 0 atom stereocenters. The van der Waals surface area contributed by atoms with Crippen molar-refractivity contribution in [2.45, 2.75) is 44.4 Å². The van der Waals surface area contributed by atoms with E-state index in [0.29, 0.717) is 17.7 Å². The van der Waals surface area contributed by atoms with Crippen LogP contribution in [0, 0.1) is 5.92 Å². The van der Waals surface area contributed by atoms with Crippen molar-refractivity contribution in [2.75, 3.05) is 6.54 Å². The third-order valence-electron chi connectivity index (χ3n) is 2.69. The van der Waals surface area contributed by atoms with E-state index in [0.717, 1.165) is 32.2 Å². The van der Waals surface area contributed by atoms with E-state index in [4.69, 9.17) is 11.6 Å². The number of halogens is 1. The van der Waals surface area contributed by atoms with Crippen LogP contribution in [0.5, 0.6) is 0 Å². The standard InChI is InChI=1S/C10H18ClNO/c1-2-10(13)12-7-8-3-5-9(11)6-4-8/h8-9H,2-7H2,1H3,(H,12,13). The van der Waals surface area contributed by atoms with Crippen LogP contribution in [0.4, 0.5) is 0 Å². The topological polar surface area (TPSA) is 29.1 Å². The predicted octanol–water partition coefficient (Wildman–Crippen LogP) is 2.31. The molecule has 2 nitrogen and oxygen atoms in total. The van der Waals surface area contributed by atoms with E-state index < -0.39 is 0 Å². The normalized spacial score (nSPS) is 28.5. The Balaban J connectivity index is 2.12. The highest BCUT2D eigenvalue weighted by molar-refractivity contribution is 6.20. The predicted molar refractivity (Wildman–Crippen MR) is 54.9 cm³/mol. The molecule has 0 unspecified atom stereocenters. The van der Waals surface area contributed by atoms with E-state index in [2.05, 4.69) is 5.32 Å². The maximum Gasteiger partial charge on any atom is 0.219 e.